The van der Waals surface area contributed by atoms with E-state index in [0.717, 1.165) is 5.92 Å². The molecule has 0 fully saturated rings. The van der Waals surface area contributed by atoms with Crippen molar-refractivity contribution >= 4 is 0 Å². The maximum absolute atomic E-state index is 2.33. The van der Waals surface area contributed by atoms with Crippen LogP contribution < -0.4 is 0 Å². The second-order valence-electron chi connectivity index (χ2n) is 6.29. The molecule has 0 radical (unpaired) electrons. The third-order valence-corrected chi connectivity index (χ3v) is 4.46. The van der Waals surface area contributed by atoms with Crippen LogP contribution in [0, 0.1) is 0 Å². The van der Waals surface area contributed by atoms with Crippen LogP contribution in [0.15, 0.2) is 18.3 Å². The number of hydrogen-bond acceptors (Lipinski definition) is 0. The molecule has 1 aromatic rings. The Bertz CT molecular complexity index is 326. The maximum atomic E-state index is 2.33. The van der Waals surface area contributed by atoms with Crippen molar-refractivity contribution in [2.75, 3.05) is 0 Å². The maximum Gasteiger partial charge on any atom is 0.0202 e. The summed E-state index contributed by atoms with van der Waals surface area (Å²) in [5.41, 5.74) is 1.55. The highest BCUT2D eigenvalue weighted by Crippen LogP contribution is 2.28. The lowest BCUT2D eigenvalue weighted by molar-refractivity contribution is 0.479. The van der Waals surface area contributed by atoms with Crippen molar-refractivity contribution < 1.29 is 0 Å². The predicted molar refractivity (Wildman–Crippen MR) is 90.3 cm³/mol. The molecule has 1 nitrogen and oxygen atoms in total. The molecule has 0 aromatic carbocycles. The molecule has 0 N–H and O–H groups in total. The summed E-state index contributed by atoms with van der Waals surface area (Å²) in [6.45, 7) is 4.59. The van der Waals surface area contributed by atoms with Gasteiger partial charge in [-0.25, -0.2) is 0 Å². The molecule has 1 aromatic heterocycles. The van der Waals surface area contributed by atoms with Crippen molar-refractivity contribution in [1.29, 1.82) is 0 Å². The molecule has 0 aliphatic rings. The molecule has 20 heavy (non-hydrogen) atoms. The molecule has 116 valence electrons. The zero-order chi connectivity index (χ0) is 14.6. The monoisotopic (exact) mass is 277 g/mol. The zero-order valence-electron chi connectivity index (χ0n) is 14.0. The van der Waals surface area contributed by atoms with E-state index < -0.39 is 0 Å². The molecule has 1 rings (SSSR count). The average Bonchev–Trinajstić information content (AvgIpc) is 2.87. The number of hydrogen-bond donors (Lipinski definition) is 0. The Labute approximate surface area is 126 Å². The van der Waals surface area contributed by atoms with E-state index in [9.17, 15) is 0 Å². The number of nitrogens with zero attached hydrogens (tertiary/aromatic N) is 1. The fraction of sp³-hybridized carbons (Fsp3) is 0.789. The van der Waals surface area contributed by atoms with Crippen LogP contribution in [0.2, 0.25) is 0 Å². The van der Waals surface area contributed by atoms with Gasteiger partial charge in [-0.05, 0) is 30.9 Å². The van der Waals surface area contributed by atoms with Crippen LogP contribution in [0.5, 0.6) is 0 Å². The van der Waals surface area contributed by atoms with Crippen LogP contribution in [-0.2, 0) is 7.05 Å². The van der Waals surface area contributed by atoms with Crippen molar-refractivity contribution in [3.05, 3.63) is 24.0 Å². The van der Waals surface area contributed by atoms with E-state index in [4.69, 9.17) is 0 Å². The first kappa shape index (κ1) is 17.3. The van der Waals surface area contributed by atoms with E-state index in [1.165, 1.54) is 70.6 Å². The molecule has 0 saturated carbocycles. The smallest absolute Gasteiger partial charge is 0.0202 e. The second kappa shape index (κ2) is 11.0. The van der Waals surface area contributed by atoms with Crippen LogP contribution >= 0.6 is 0 Å². The third kappa shape index (κ3) is 6.63. The molecule has 1 atom stereocenters. The van der Waals surface area contributed by atoms with E-state index in [2.05, 4.69) is 43.8 Å². The molecule has 0 bridgehead atoms. The molecule has 0 amide bonds. The van der Waals surface area contributed by atoms with Gasteiger partial charge in [-0.1, -0.05) is 71.6 Å². The van der Waals surface area contributed by atoms with Gasteiger partial charge in [0.15, 0.2) is 0 Å². The highest BCUT2D eigenvalue weighted by atomic mass is 14.9. The average molecular weight is 277 g/mol. The van der Waals surface area contributed by atoms with E-state index in [-0.39, 0.29) is 0 Å². The SMILES string of the molecule is CCCCCCCCC(CCCCC)c1cccn1C. The molecule has 0 aliphatic carbocycles. The van der Waals surface area contributed by atoms with E-state index >= 15 is 0 Å². The number of aromatic nitrogens is 1. The van der Waals surface area contributed by atoms with Crippen molar-refractivity contribution in [2.24, 2.45) is 7.05 Å². The Balaban J connectivity index is 2.33. The first-order chi connectivity index (χ1) is 9.79. The normalized spacial score (nSPS) is 12.8. The van der Waals surface area contributed by atoms with Crippen LogP contribution in [-0.4, -0.2) is 4.57 Å². The molecular weight excluding hydrogens is 242 g/mol. The summed E-state index contributed by atoms with van der Waals surface area (Å²) in [6.07, 6.45) is 17.5. The Morgan fingerprint density at radius 3 is 2.00 bits per heavy atom. The lowest BCUT2D eigenvalue weighted by Gasteiger charge is -2.18. The molecule has 1 heterocycles. The van der Waals surface area contributed by atoms with Crippen molar-refractivity contribution in [2.45, 2.75) is 90.4 Å². The summed E-state index contributed by atoms with van der Waals surface area (Å²) in [5.74, 6) is 0.785. The van der Waals surface area contributed by atoms with Gasteiger partial charge in [0, 0.05) is 18.9 Å². The van der Waals surface area contributed by atoms with Crippen LogP contribution in [0.25, 0.3) is 0 Å². The molecule has 0 aliphatic heterocycles. The number of aryl methyl sites for hydroxylation is 1. The van der Waals surface area contributed by atoms with Crippen LogP contribution in [0.4, 0.5) is 0 Å². The summed E-state index contributed by atoms with van der Waals surface area (Å²) in [6, 6.07) is 4.52. The minimum atomic E-state index is 0.785. The second-order valence-corrected chi connectivity index (χ2v) is 6.29. The van der Waals surface area contributed by atoms with Gasteiger partial charge in [-0.3, -0.25) is 0 Å². The summed E-state index contributed by atoms with van der Waals surface area (Å²) < 4.78 is 2.33. The summed E-state index contributed by atoms with van der Waals surface area (Å²) in [4.78, 5) is 0. The predicted octanol–water partition coefficient (Wildman–Crippen LogP) is 6.44. The molecular formula is C19H35N. The quantitative estimate of drug-likeness (QED) is 0.387. The van der Waals surface area contributed by atoms with Gasteiger partial charge in [0.2, 0.25) is 0 Å². The Morgan fingerprint density at radius 2 is 1.40 bits per heavy atom. The summed E-state index contributed by atoms with van der Waals surface area (Å²) >= 11 is 0. The van der Waals surface area contributed by atoms with Gasteiger partial charge in [-0.15, -0.1) is 0 Å². The van der Waals surface area contributed by atoms with Crippen LogP contribution in [0.3, 0.4) is 0 Å². The molecule has 0 saturated heterocycles. The Morgan fingerprint density at radius 1 is 0.850 bits per heavy atom. The zero-order valence-corrected chi connectivity index (χ0v) is 14.0. The highest BCUT2D eigenvalue weighted by molar-refractivity contribution is 5.12. The number of rotatable bonds is 12. The fourth-order valence-corrected chi connectivity index (χ4v) is 3.15. The molecule has 1 heteroatoms. The van der Waals surface area contributed by atoms with Gasteiger partial charge in [0.05, 0.1) is 0 Å². The van der Waals surface area contributed by atoms with Gasteiger partial charge >= 0.3 is 0 Å². The van der Waals surface area contributed by atoms with E-state index in [1.807, 2.05) is 0 Å². The van der Waals surface area contributed by atoms with Crippen LogP contribution in [0.1, 0.15) is 96.1 Å². The van der Waals surface area contributed by atoms with Gasteiger partial charge in [0.25, 0.3) is 0 Å². The lowest BCUT2D eigenvalue weighted by atomic mass is 9.91. The van der Waals surface area contributed by atoms with E-state index in [0.29, 0.717) is 0 Å². The topological polar surface area (TPSA) is 4.93 Å². The summed E-state index contributed by atoms with van der Waals surface area (Å²) in [5, 5.41) is 0. The molecule has 0 spiro atoms. The Hall–Kier alpha value is -0.720. The Kier molecular flexibility index (Phi) is 9.53. The van der Waals surface area contributed by atoms with Crippen molar-refractivity contribution in [3.63, 3.8) is 0 Å². The largest absolute Gasteiger partial charge is 0.354 e. The third-order valence-electron chi connectivity index (χ3n) is 4.46. The van der Waals surface area contributed by atoms with Gasteiger partial charge < -0.3 is 4.57 Å². The van der Waals surface area contributed by atoms with E-state index in [1.54, 1.807) is 5.69 Å². The minimum absolute atomic E-state index is 0.785. The molecule has 1 unspecified atom stereocenters. The number of unbranched alkanes of at least 4 members (excludes halogenated alkanes) is 7. The highest BCUT2D eigenvalue weighted by Gasteiger charge is 2.13. The fourth-order valence-electron chi connectivity index (χ4n) is 3.15. The first-order valence-electron chi connectivity index (χ1n) is 8.90. The van der Waals surface area contributed by atoms with Crippen molar-refractivity contribution in [3.8, 4) is 0 Å². The van der Waals surface area contributed by atoms with Gasteiger partial charge in [-0.2, -0.15) is 0 Å². The standard InChI is InChI=1S/C19H35N/c1-4-6-8-9-10-12-15-18(14-11-7-5-2)19-16-13-17-20(19)3/h13,16-18H,4-12,14-15H2,1-3H3. The minimum Gasteiger partial charge on any atom is -0.354 e. The van der Waals surface area contributed by atoms with Crippen molar-refractivity contribution in [1.82, 2.24) is 4.57 Å². The van der Waals surface area contributed by atoms with Gasteiger partial charge in [0.1, 0.15) is 0 Å². The summed E-state index contributed by atoms with van der Waals surface area (Å²) in [7, 11) is 2.20. The lowest BCUT2D eigenvalue weighted by Crippen LogP contribution is -2.05. The first-order valence-corrected chi connectivity index (χ1v) is 8.90.